The Bertz CT molecular complexity index is 1100. The van der Waals surface area contributed by atoms with Gasteiger partial charge in [0.15, 0.2) is 0 Å². The fourth-order valence-corrected chi connectivity index (χ4v) is 5.48. The molecule has 0 spiro atoms. The van der Waals surface area contributed by atoms with Crippen LogP contribution in [0, 0.1) is 6.92 Å². The molecule has 1 N–H and O–H groups in total. The molecular formula is C20H24N6O2S. The standard InChI is InChI=1S/C20H24N6O2S/c1-3-25-14-18(15(2)24-25)29(27,28)26-13-7-9-17(26)16-8-6-11-20(22-16)23-19-10-4-5-12-21-19/h4-6,8,10-12,14,17H,3,7,9,13H2,1-2H3,(H,21,22,23)/t17-/m0/s1. The van der Waals surface area contributed by atoms with E-state index >= 15 is 0 Å². The second kappa shape index (κ2) is 7.92. The minimum absolute atomic E-state index is 0.272. The van der Waals surface area contributed by atoms with Crippen molar-refractivity contribution >= 4 is 21.7 Å². The van der Waals surface area contributed by atoms with E-state index in [0.717, 1.165) is 18.5 Å². The maximum absolute atomic E-state index is 13.4. The quantitative estimate of drug-likeness (QED) is 0.668. The Morgan fingerprint density at radius 3 is 2.72 bits per heavy atom. The van der Waals surface area contributed by atoms with Crippen LogP contribution in [-0.4, -0.2) is 39.0 Å². The normalized spacial score (nSPS) is 17.5. The van der Waals surface area contributed by atoms with E-state index < -0.39 is 10.0 Å². The third-order valence-electron chi connectivity index (χ3n) is 5.05. The molecule has 1 fully saturated rings. The van der Waals surface area contributed by atoms with Crippen molar-refractivity contribution in [1.29, 1.82) is 0 Å². The van der Waals surface area contributed by atoms with Gasteiger partial charge in [0.1, 0.15) is 16.5 Å². The molecule has 0 bridgehead atoms. The van der Waals surface area contributed by atoms with Crippen LogP contribution in [0.4, 0.5) is 11.6 Å². The molecule has 1 atom stereocenters. The van der Waals surface area contributed by atoms with E-state index in [1.54, 1.807) is 28.3 Å². The summed E-state index contributed by atoms with van der Waals surface area (Å²) in [7, 11) is -3.65. The zero-order valence-corrected chi connectivity index (χ0v) is 17.3. The van der Waals surface area contributed by atoms with E-state index in [9.17, 15) is 8.42 Å². The smallest absolute Gasteiger partial charge is 0.247 e. The highest BCUT2D eigenvalue weighted by Crippen LogP contribution is 2.36. The summed E-state index contributed by atoms with van der Waals surface area (Å²) in [6, 6.07) is 10.9. The zero-order chi connectivity index (χ0) is 20.4. The minimum atomic E-state index is -3.65. The van der Waals surface area contributed by atoms with Crippen LogP contribution < -0.4 is 5.32 Å². The van der Waals surface area contributed by atoms with Crippen molar-refractivity contribution in [3.05, 3.63) is 60.2 Å². The van der Waals surface area contributed by atoms with Crippen molar-refractivity contribution < 1.29 is 8.42 Å². The molecule has 1 saturated heterocycles. The van der Waals surface area contributed by atoms with E-state index in [-0.39, 0.29) is 10.9 Å². The van der Waals surface area contributed by atoms with Gasteiger partial charge in [-0.15, -0.1) is 0 Å². The number of nitrogens with one attached hydrogen (secondary N) is 1. The summed E-state index contributed by atoms with van der Waals surface area (Å²) in [6.45, 7) is 4.77. The predicted molar refractivity (Wildman–Crippen MR) is 110 cm³/mol. The highest BCUT2D eigenvalue weighted by molar-refractivity contribution is 7.89. The Kier molecular flexibility index (Phi) is 5.33. The molecule has 1 aliphatic rings. The number of rotatable bonds is 6. The van der Waals surface area contributed by atoms with Gasteiger partial charge in [0.25, 0.3) is 0 Å². The van der Waals surface area contributed by atoms with Crippen LogP contribution in [0.3, 0.4) is 0 Å². The SMILES string of the molecule is CCn1cc(S(=O)(=O)N2CCC[C@H]2c2cccc(Nc3ccccn3)n2)c(C)n1. The molecule has 3 aromatic rings. The Hall–Kier alpha value is -2.78. The van der Waals surface area contributed by atoms with Crippen LogP contribution >= 0.6 is 0 Å². The number of pyridine rings is 2. The molecule has 3 aromatic heterocycles. The first-order valence-corrected chi connectivity index (χ1v) is 11.1. The average Bonchev–Trinajstić information content (AvgIpc) is 3.36. The van der Waals surface area contributed by atoms with Crippen molar-refractivity contribution in [2.45, 2.75) is 44.2 Å². The van der Waals surface area contributed by atoms with Gasteiger partial charge in [0.05, 0.1) is 17.4 Å². The Balaban J connectivity index is 1.63. The van der Waals surface area contributed by atoms with Crippen LogP contribution in [0.1, 0.15) is 37.2 Å². The molecule has 4 rings (SSSR count). The second-order valence-corrected chi connectivity index (χ2v) is 8.85. The van der Waals surface area contributed by atoms with Crippen LogP contribution in [0.15, 0.2) is 53.7 Å². The molecule has 0 saturated carbocycles. The van der Waals surface area contributed by atoms with Crippen molar-refractivity contribution in [3.8, 4) is 0 Å². The van der Waals surface area contributed by atoms with Crippen molar-refractivity contribution in [2.24, 2.45) is 0 Å². The fraction of sp³-hybridized carbons (Fsp3) is 0.350. The Morgan fingerprint density at radius 2 is 2.00 bits per heavy atom. The lowest BCUT2D eigenvalue weighted by Gasteiger charge is -2.23. The summed E-state index contributed by atoms with van der Waals surface area (Å²) in [5.41, 5.74) is 1.25. The molecule has 0 aromatic carbocycles. The Morgan fingerprint density at radius 1 is 1.17 bits per heavy atom. The van der Waals surface area contributed by atoms with Crippen LogP contribution in [0.2, 0.25) is 0 Å². The van der Waals surface area contributed by atoms with Crippen molar-refractivity contribution in [1.82, 2.24) is 24.1 Å². The minimum Gasteiger partial charge on any atom is -0.325 e. The molecule has 152 valence electrons. The van der Waals surface area contributed by atoms with Crippen LogP contribution in [0.5, 0.6) is 0 Å². The van der Waals surface area contributed by atoms with E-state index in [0.29, 0.717) is 30.4 Å². The number of sulfonamides is 1. The summed E-state index contributed by atoms with van der Waals surface area (Å²) in [5.74, 6) is 1.33. The number of nitrogens with zero attached hydrogens (tertiary/aromatic N) is 5. The lowest BCUT2D eigenvalue weighted by molar-refractivity contribution is 0.390. The van der Waals surface area contributed by atoms with Gasteiger partial charge in [-0.1, -0.05) is 12.1 Å². The third-order valence-corrected chi connectivity index (χ3v) is 7.06. The zero-order valence-electron chi connectivity index (χ0n) is 16.5. The van der Waals surface area contributed by atoms with Gasteiger partial charge in [0.2, 0.25) is 10.0 Å². The van der Waals surface area contributed by atoms with Crippen LogP contribution in [-0.2, 0) is 16.6 Å². The van der Waals surface area contributed by atoms with Gasteiger partial charge >= 0.3 is 0 Å². The van der Waals surface area contributed by atoms with Gasteiger partial charge in [-0.3, -0.25) is 4.68 Å². The number of aromatic nitrogens is 4. The van der Waals surface area contributed by atoms with E-state index in [1.807, 2.05) is 43.3 Å². The molecule has 0 aliphatic carbocycles. The summed E-state index contributed by atoms with van der Waals surface area (Å²) >= 11 is 0. The topological polar surface area (TPSA) is 93.0 Å². The van der Waals surface area contributed by atoms with Gasteiger partial charge in [-0.2, -0.15) is 9.40 Å². The summed E-state index contributed by atoms with van der Waals surface area (Å²) in [5, 5.41) is 7.47. The monoisotopic (exact) mass is 412 g/mol. The lowest BCUT2D eigenvalue weighted by atomic mass is 10.1. The van der Waals surface area contributed by atoms with Gasteiger partial charge < -0.3 is 5.32 Å². The molecule has 9 heteroatoms. The molecule has 0 radical (unpaired) electrons. The van der Waals surface area contributed by atoms with E-state index in [1.165, 1.54) is 0 Å². The molecule has 0 unspecified atom stereocenters. The van der Waals surface area contributed by atoms with Crippen molar-refractivity contribution in [3.63, 3.8) is 0 Å². The molecule has 4 heterocycles. The third kappa shape index (κ3) is 3.88. The predicted octanol–water partition coefficient (Wildman–Crippen LogP) is 3.27. The summed E-state index contributed by atoms with van der Waals surface area (Å²) in [6.07, 6.45) is 4.85. The number of aryl methyl sites for hydroxylation is 2. The fourth-order valence-electron chi connectivity index (χ4n) is 3.64. The first-order chi connectivity index (χ1) is 14.0. The largest absolute Gasteiger partial charge is 0.325 e. The van der Waals surface area contributed by atoms with Gasteiger partial charge in [-0.25, -0.2) is 18.4 Å². The molecule has 0 amide bonds. The lowest BCUT2D eigenvalue weighted by Crippen LogP contribution is -2.31. The number of hydrogen-bond acceptors (Lipinski definition) is 6. The van der Waals surface area contributed by atoms with Gasteiger partial charge in [-0.05, 0) is 51.0 Å². The maximum Gasteiger partial charge on any atom is 0.247 e. The summed E-state index contributed by atoms with van der Waals surface area (Å²) in [4.78, 5) is 9.19. The average molecular weight is 413 g/mol. The van der Waals surface area contributed by atoms with Crippen LogP contribution in [0.25, 0.3) is 0 Å². The molecule has 1 aliphatic heterocycles. The Labute approximate surface area is 170 Å². The summed E-state index contributed by atoms with van der Waals surface area (Å²) < 4.78 is 29.9. The molecular weight excluding hydrogens is 388 g/mol. The van der Waals surface area contributed by atoms with Crippen molar-refractivity contribution in [2.75, 3.05) is 11.9 Å². The first kappa shape index (κ1) is 19.5. The number of hydrogen-bond donors (Lipinski definition) is 1. The highest BCUT2D eigenvalue weighted by atomic mass is 32.2. The number of anilines is 2. The van der Waals surface area contributed by atoms with E-state index in [2.05, 4.69) is 20.4 Å². The molecule has 8 nitrogen and oxygen atoms in total. The van der Waals surface area contributed by atoms with Gasteiger partial charge in [0, 0.05) is 25.5 Å². The van der Waals surface area contributed by atoms with E-state index in [4.69, 9.17) is 0 Å². The first-order valence-electron chi connectivity index (χ1n) is 9.70. The maximum atomic E-state index is 13.4. The second-order valence-electron chi connectivity index (χ2n) is 7.00. The highest BCUT2D eigenvalue weighted by Gasteiger charge is 2.38. The molecule has 29 heavy (non-hydrogen) atoms.